The lowest BCUT2D eigenvalue weighted by atomic mass is 9.97. The van der Waals surface area contributed by atoms with Crippen LogP contribution in [-0.2, 0) is 0 Å². The summed E-state index contributed by atoms with van der Waals surface area (Å²) in [6.07, 6.45) is 1.16. The van der Waals surface area contributed by atoms with Crippen molar-refractivity contribution in [3.63, 3.8) is 0 Å². The summed E-state index contributed by atoms with van der Waals surface area (Å²) < 4.78 is 6.36. The van der Waals surface area contributed by atoms with Gasteiger partial charge in [-0.25, -0.2) is 0 Å². The van der Waals surface area contributed by atoms with Crippen molar-refractivity contribution in [3.05, 3.63) is 29.8 Å². The molecule has 0 aliphatic rings. The standard InChI is InChI=1S/C19H35NOSi/c1-9-20-18(14-15(2)3)16-10-12-17(13-11-16)21-22(7,8)19(4,5)6/h10-13,15,18,20H,9,14H2,1-8H3/t18-/m0/s1. The van der Waals surface area contributed by atoms with Gasteiger partial charge in [0.2, 0.25) is 8.32 Å². The Morgan fingerprint density at radius 3 is 2.05 bits per heavy atom. The normalized spacial score (nSPS) is 14.2. The maximum atomic E-state index is 6.36. The van der Waals surface area contributed by atoms with Gasteiger partial charge in [0, 0.05) is 6.04 Å². The van der Waals surface area contributed by atoms with E-state index in [4.69, 9.17) is 4.43 Å². The summed E-state index contributed by atoms with van der Waals surface area (Å²) in [4.78, 5) is 0. The average molecular weight is 322 g/mol. The van der Waals surface area contributed by atoms with Crippen LogP contribution in [0.1, 0.15) is 59.6 Å². The van der Waals surface area contributed by atoms with Crippen molar-refractivity contribution in [1.82, 2.24) is 5.32 Å². The third-order valence-corrected chi connectivity index (χ3v) is 8.98. The monoisotopic (exact) mass is 321 g/mol. The van der Waals surface area contributed by atoms with Gasteiger partial charge in [0.05, 0.1) is 0 Å². The minimum absolute atomic E-state index is 0.232. The molecule has 0 aliphatic heterocycles. The van der Waals surface area contributed by atoms with E-state index in [9.17, 15) is 0 Å². The maximum absolute atomic E-state index is 6.36. The van der Waals surface area contributed by atoms with Crippen LogP contribution < -0.4 is 9.74 Å². The lowest BCUT2D eigenvalue weighted by Crippen LogP contribution is -2.43. The molecule has 22 heavy (non-hydrogen) atoms. The molecule has 0 spiro atoms. The molecule has 0 radical (unpaired) electrons. The van der Waals surface area contributed by atoms with Crippen LogP contribution in [0, 0.1) is 5.92 Å². The average Bonchev–Trinajstić information content (AvgIpc) is 2.37. The molecule has 1 aromatic rings. The molecule has 0 saturated heterocycles. The highest BCUT2D eigenvalue weighted by Gasteiger charge is 2.38. The number of rotatable bonds is 7. The fourth-order valence-electron chi connectivity index (χ4n) is 2.27. The molecular formula is C19H35NOSi. The van der Waals surface area contributed by atoms with Crippen LogP contribution in [0.5, 0.6) is 5.75 Å². The van der Waals surface area contributed by atoms with E-state index in [1.807, 2.05) is 0 Å². The van der Waals surface area contributed by atoms with Crippen molar-refractivity contribution in [2.24, 2.45) is 5.92 Å². The Morgan fingerprint density at radius 1 is 1.09 bits per heavy atom. The Morgan fingerprint density at radius 2 is 1.64 bits per heavy atom. The second-order valence-electron chi connectivity index (χ2n) is 8.17. The first-order valence-electron chi connectivity index (χ1n) is 8.59. The Bertz CT molecular complexity index is 445. The molecule has 0 bridgehead atoms. The van der Waals surface area contributed by atoms with Gasteiger partial charge in [0.15, 0.2) is 0 Å². The first-order valence-corrected chi connectivity index (χ1v) is 11.5. The quantitative estimate of drug-likeness (QED) is 0.644. The number of nitrogens with one attached hydrogen (secondary N) is 1. The highest BCUT2D eigenvalue weighted by Crippen LogP contribution is 2.37. The van der Waals surface area contributed by atoms with E-state index in [0.717, 1.165) is 18.7 Å². The summed E-state index contributed by atoms with van der Waals surface area (Å²) in [6.45, 7) is 19.1. The molecule has 0 aromatic heterocycles. The number of hydrogen-bond acceptors (Lipinski definition) is 2. The molecule has 126 valence electrons. The van der Waals surface area contributed by atoms with Gasteiger partial charge in [-0.2, -0.15) is 0 Å². The lowest BCUT2D eigenvalue weighted by Gasteiger charge is -2.36. The fourth-order valence-corrected chi connectivity index (χ4v) is 3.30. The van der Waals surface area contributed by atoms with Crippen molar-refractivity contribution >= 4 is 8.32 Å². The highest BCUT2D eigenvalue weighted by molar-refractivity contribution is 6.74. The van der Waals surface area contributed by atoms with Gasteiger partial charge in [-0.15, -0.1) is 0 Å². The van der Waals surface area contributed by atoms with Crippen LogP contribution in [0.3, 0.4) is 0 Å². The minimum Gasteiger partial charge on any atom is -0.544 e. The zero-order chi connectivity index (χ0) is 17.0. The Balaban J connectivity index is 2.85. The van der Waals surface area contributed by atoms with Crippen LogP contribution in [0.2, 0.25) is 18.1 Å². The molecular weight excluding hydrogens is 286 g/mol. The van der Waals surface area contributed by atoms with Crippen LogP contribution in [0.15, 0.2) is 24.3 Å². The summed E-state index contributed by atoms with van der Waals surface area (Å²) in [5.41, 5.74) is 1.36. The van der Waals surface area contributed by atoms with E-state index < -0.39 is 8.32 Å². The van der Waals surface area contributed by atoms with Crippen LogP contribution in [-0.4, -0.2) is 14.9 Å². The SMILES string of the molecule is CCN[C@@H](CC(C)C)c1ccc(O[Si](C)(C)C(C)(C)C)cc1. The predicted molar refractivity (Wildman–Crippen MR) is 100 cm³/mol. The zero-order valence-electron chi connectivity index (χ0n) is 15.8. The van der Waals surface area contributed by atoms with Gasteiger partial charge >= 0.3 is 0 Å². The van der Waals surface area contributed by atoms with E-state index in [0.29, 0.717) is 12.0 Å². The van der Waals surface area contributed by atoms with E-state index in [1.165, 1.54) is 5.56 Å². The molecule has 0 heterocycles. The molecule has 1 N–H and O–H groups in total. The molecule has 0 amide bonds. The van der Waals surface area contributed by atoms with Crippen LogP contribution in [0.4, 0.5) is 0 Å². The number of hydrogen-bond donors (Lipinski definition) is 1. The molecule has 1 aromatic carbocycles. The van der Waals surface area contributed by atoms with Crippen molar-refractivity contribution < 1.29 is 4.43 Å². The third kappa shape index (κ3) is 5.44. The maximum Gasteiger partial charge on any atom is 0.250 e. The second kappa shape index (κ2) is 7.65. The highest BCUT2D eigenvalue weighted by atomic mass is 28.4. The minimum atomic E-state index is -1.75. The van der Waals surface area contributed by atoms with Crippen molar-refractivity contribution in [3.8, 4) is 5.75 Å². The Labute approximate surface area is 138 Å². The number of benzene rings is 1. The molecule has 0 saturated carbocycles. The topological polar surface area (TPSA) is 21.3 Å². The van der Waals surface area contributed by atoms with E-state index in [2.05, 4.69) is 84.2 Å². The lowest BCUT2D eigenvalue weighted by molar-refractivity contribution is 0.437. The summed E-state index contributed by atoms with van der Waals surface area (Å²) in [7, 11) is -1.75. The molecule has 1 atom stereocenters. The van der Waals surface area contributed by atoms with E-state index in [1.54, 1.807) is 0 Å². The summed E-state index contributed by atoms with van der Waals surface area (Å²) in [5, 5.41) is 3.82. The molecule has 0 aliphatic carbocycles. The van der Waals surface area contributed by atoms with Gasteiger partial charge in [-0.3, -0.25) is 0 Å². The first-order chi connectivity index (χ1) is 10.1. The molecule has 0 unspecified atom stereocenters. The summed E-state index contributed by atoms with van der Waals surface area (Å²) in [6, 6.07) is 9.16. The van der Waals surface area contributed by atoms with E-state index >= 15 is 0 Å². The van der Waals surface area contributed by atoms with Gasteiger partial charge in [0.25, 0.3) is 0 Å². The molecule has 3 heteroatoms. The smallest absolute Gasteiger partial charge is 0.250 e. The molecule has 1 rings (SSSR count). The van der Waals surface area contributed by atoms with Crippen molar-refractivity contribution in [2.75, 3.05) is 6.54 Å². The largest absolute Gasteiger partial charge is 0.544 e. The zero-order valence-corrected chi connectivity index (χ0v) is 16.8. The third-order valence-electron chi connectivity index (χ3n) is 4.62. The van der Waals surface area contributed by atoms with Gasteiger partial charge in [-0.05, 0) is 54.7 Å². The van der Waals surface area contributed by atoms with Crippen molar-refractivity contribution in [2.45, 2.75) is 72.1 Å². The molecule has 2 nitrogen and oxygen atoms in total. The Hall–Kier alpha value is -0.803. The van der Waals surface area contributed by atoms with Gasteiger partial charge < -0.3 is 9.74 Å². The summed E-state index contributed by atoms with van der Waals surface area (Å²) >= 11 is 0. The first kappa shape index (κ1) is 19.2. The van der Waals surface area contributed by atoms with Crippen LogP contribution >= 0.6 is 0 Å². The van der Waals surface area contributed by atoms with Crippen LogP contribution in [0.25, 0.3) is 0 Å². The fraction of sp³-hybridized carbons (Fsp3) is 0.684. The molecule has 0 fully saturated rings. The predicted octanol–water partition coefficient (Wildman–Crippen LogP) is 5.77. The van der Waals surface area contributed by atoms with Gasteiger partial charge in [0.1, 0.15) is 5.75 Å². The Kier molecular flexibility index (Phi) is 6.69. The van der Waals surface area contributed by atoms with Gasteiger partial charge in [-0.1, -0.05) is 53.7 Å². The summed E-state index contributed by atoms with van der Waals surface area (Å²) in [5.74, 6) is 1.70. The second-order valence-corrected chi connectivity index (χ2v) is 12.9. The van der Waals surface area contributed by atoms with Crippen molar-refractivity contribution in [1.29, 1.82) is 0 Å². The van der Waals surface area contributed by atoms with E-state index in [-0.39, 0.29) is 5.04 Å².